The first-order valence-corrected chi connectivity index (χ1v) is 7.52. The molecule has 0 aromatic carbocycles. The number of aromatic nitrogens is 1. The molecule has 2 heterocycles. The zero-order valence-electron chi connectivity index (χ0n) is 11.1. The monoisotopic (exact) mass is 326 g/mol. The maximum atomic E-state index is 12.2. The Morgan fingerprint density at radius 1 is 1.42 bits per heavy atom. The molecule has 0 spiro atoms. The minimum atomic E-state index is -0.0670. The number of amides is 1. The van der Waals surface area contributed by atoms with E-state index in [0.717, 1.165) is 23.9 Å². The normalized spacial score (nSPS) is 19.5. The molecule has 4 nitrogen and oxygen atoms in total. The zero-order valence-corrected chi connectivity index (χ0v) is 12.7. The van der Waals surface area contributed by atoms with Crippen molar-refractivity contribution < 1.29 is 4.79 Å². The van der Waals surface area contributed by atoms with Gasteiger partial charge in [-0.2, -0.15) is 0 Å². The molecule has 104 valence electrons. The van der Waals surface area contributed by atoms with E-state index >= 15 is 0 Å². The molecule has 1 amide bonds. The van der Waals surface area contributed by atoms with E-state index in [9.17, 15) is 9.59 Å². The summed E-state index contributed by atoms with van der Waals surface area (Å²) < 4.78 is 2.43. The molecule has 19 heavy (non-hydrogen) atoms. The van der Waals surface area contributed by atoms with Crippen LogP contribution in [0.25, 0.3) is 0 Å². The maximum Gasteiger partial charge on any atom is 0.250 e. The first-order valence-electron chi connectivity index (χ1n) is 6.73. The lowest BCUT2D eigenvalue weighted by Crippen LogP contribution is -2.42. The van der Waals surface area contributed by atoms with Crippen LogP contribution in [0.1, 0.15) is 32.6 Å². The summed E-state index contributed by atoms with van der Waals surface area (Å²) in [4.78, 5) is 25.8. The van der Waals surface area contributed by atoms with Crippen LogP contribution in [0.15, 0.2) is 27.6 Å². The largest absolute Gasteiger partial charge is 0.340 e. The lowest BCUT2D eigenvalue weighted by molar-refractivity contribution is -0.134. The second-order valence-electron chi connectivity index (χ2n) is 5.06. The average Bonchev–Trinajstić information content (AvgIpc) is 2.40. The third-order valence-corrected chi connectivity index (χ3v) is 4.11. The molecular formula is C14H19BrN2O2. The number of carbonyl (C=O) groups excluding carboxylic acids is 1. The van der Waals surface area contributed by atoms with Crippen molar-refractivity contribution in [2.45, 2.75) is 45.2 Å². The molecule has 0 bridgehead atoms. The summed E-state index contributed by atoms with van der Waals surface area (Å²) in [5.41, 5.74) is -0.0670. The molecule has 1 aromatic rings. The molecule has 1 saturated heterocycles. The van der Waals surface area contributed by atoms with Gasteiger partial charge in [0.25, 0.3) is 5.56 Å². The summed E-state index contributed by atoms with van der Waals surface area (Å²) in [6, 6.07) is 3.56. The zero-order chi connectivity index (χ0) is 13.8. The molecule has 1 fully saturated rings. The van der Waals surface area contributed by atoms with Crippen molar-refractivity contribution in [3.05, 3.63) is 33.2 Å². The number of aryl methyl sites for hydroxylation is 1. The van der Waals surface area contributed by atoms with E-state index < -0.39 is 0 Å². The summed E-state index contributed by atoms with van der Waals surface area (Å²) in [6.07, 6.45) is 5.50. The Morgan fingerprint density at radius 2 is 2.21 bits per heavy atom. The van der Waals surface area contributed by atoms with E-state index in [0.29, 0.717) is 19.0 Å². The van der Waals surface area contributed by atoms with Crippen molar-refractivity contribution >= 4 is 21.8 Å². The Balaban J connectivity index is 1.96. The van der Waals surface area contributed by atoms with Crippen LogP contribution in [-0.4, -0.2) is 28.0 Å². The Kier molecular flexibility index (Phi) is 4.80. The van der Waals surface area contributed by atoms with Gasteiger partial charge in [0.1, 0.15) is 0 Å². The van der Waals surface area contributed by atoms with Crippen LogP contribution in [0.4, 0.5) is 0 Å². The summed E-state index contributed by atoms with van der Waals surface area (Å²) in [5, 5.41) is 0. The summed E-state index contributed by atoms with van der Waals surface area (Å²) in [5.74, 6) is 0.152. The third-order valence-electron chi connectivity index (χ3n) is 3.64. The second-order valence-corrected chi connectivity index (χ2v) is 5.98. The van der Waals surface area contributed by atoms with E-state index in [1.54, 1.807) is 16.8 Å². The van der Waals surface area contributed by atoms with Crippen LogP contribution < -0.4 is 5.56 Å². The number of likely N-dealkylation sites (tertiary alicyclic amines) is 1. The second kappa shape index (κ2) is 6.37. The van der Waals surface area contributed by atoms with Crippen molar-refractivity contribution in [1.82, 2.24) is 9.47 Å². The number of rotatable bonds is 3. The molecule has 1 atom stereocenters. The lowest BCUT2D eigenvalue weighted by Gasteiger charge is -2.33. The van der Waals surface area contributed by atoms with Crippen LogP contribution >= 0.6 is 15.9 Å². The standard InChI is InChI=1S/C14H19BrN2O2/c1-11-4-2-3-8-17(11)14(19)7-9-16-10-12(15)5-6-13(16)18/h5-6,10-11H,2-4,7-9H2,1H3. The molecule has 5 heteroatoms. The Labute approximate surface area is 121 Å². The average molecular weight is 327 g/mol. The van der Waals surface area contributed by atoms with Crippen LogP contribution in [-0.2, 0) is 11.3 Å². The van der Waals surface area contributed by atoms with Crippen molar-refractivity contribution in [1.29, 1.82) is 0 Å². The molecule has 1 aliphatic heterocycles. The first-order chi connectivity index (χ1) is 9.08. The summed E-state index contributed by atoms with van der Waals surface area (Å²) in [7, 11) is 0. The number of piperidine rings is 1. The smallest absolute Gasteiger partial charge is 0.250 e. The van der Waals surface area contributed by atoms with Gasteiger partial charge >= 0.3 is 0 Å². The van der Waals surface area contributed by atoms with Gasteiger partial charge in [-0.3, -0.25) is 9.59 Å². The van der Waals surface area contributed by atoms with E-state index in [-0.39, 0.29) is 11.5 Å². The van der Waals surface area contributed by atoms with Gasteiger partial charge in [0.05, 0.1) is 0 Å². The van der Waals surface area contributed by atoms with Crippen molar-refractivity contribution in [3.63, 3.8) is 0 Å². The predicted molar refractivity (Wildman–Crippen MR) is 78.0 cm³/mol. The third kappa shape index (κ3) is 3.69. The molecule has 0 radical (unpaired) electrons. The molecule has 1 unspecified atom stereocenters. The fourth-order valence-corrected chi connectivity index (χ4v) is 2.88. The van der Waals surface area contributed by atoms with E-state index in [2.05, 4.69) is 22.9 Å². The topological polar surface area (TPSA) is 42.3 Å². The quantitative estimate of drug-likeness (QED) is 0.856. The molecular weight excluding hydrogens is 308 g/mol. The van der Waals surface area contributed by atoms with Gasteiger partial charge in [-0.15, -0.1) is 0 Å². The minimum Gasteiger partial charge on any atom is -0.340 e. The Morgan fingerprint density at radius 3 is 2.95 bits per heavy atom. The molecule has 0 aliphatic carbocycles. The highest BCUT2D eigenvalue weighted by molar-refractivity contribution is 9.10. The van der Waals surface area contributed by atoms with Gasteiger partial charge in [0, 0.05) is 42.3 Å². The molecule has 2 rings (SSSR count). The van der Waals surface area contributed by atoms with E-state index in [1.807, 2.05) is 4.90 Å². The molecule has 1 aromatic heterocycles. The van der Waals surface area contributed by atoms with Crippen LogP contribution in [0.5, 0.6) is 0 Å². The number of hydrogen-bond acceptors (Lipinski definition) is 2. The number of halogens is 1. The van der Waals surface area contributed by atoms with Crippen LogP contribution in [0.2, 0.25) is 0 Å². The number of carbonyl (C=O) groups is 1. The summed E-state index contributed by atoms with van der Waals surface area (Å²) in [6.45, 7) is 3.40. The van der Waals surface area contributed by atoms with Gasteiger partial charge < -0.3 is 9.47 Å². The van der Waals surface area contributed by atoms with Gasteiger partial charge in [0.15, 0.2) is 0 Å². The van der Waals surface area contributed by atoms with Gasteiger partial charge in [-0.25, -0.2) is 0 Å². The van der Waals surface area contributed by atoms with Crippen LogP contribution in [0, 0.1) is 0 Å². The van der Waals surface area contributed by atoms with Crippen LogP contribution in [0.3, 0.4) is 0 Å². The Hall–Kier alpha value is -1.10. The van der Waals surface area contributed by atoms with Gasteiger partial charge in [-0.1, -0.05) is 0 Å². The van der Waals surface area contributed by atoms with Gasteiger partial charge in [-0.05, 0) is 48.2 Å². The molecule has 1 aliphatic rings. The van der Waals surface area contributed by atoms with E-state index in [4.69, 9.17) is 0 Å². The number of pyridine rings is 1. The first kappa shape index (κ1) is 14.3. The van der Waals surface area contributed by atoms with Crippen molar-refractivity contribution in [3.8, 4) is 0 Å². The van der Waals surface area contributed by atoms with Crippen molar-refractivity contribution in [2.24, 2.45) is 0 Å². The minimum absolute atomic E-state index is 0.0670. The number of nitrogens with zero attached hydrogens (tertiary/aromatic N) is 2. The lowest BCUT2D eigenvalue weighted by atomic mass is 10.0. The fourth-order valence-electron chi connectivity index (χ4n) is 2.51. The summed E-state index contributed by atoms with van der Waals surface area (Å²) >= 11 is 3.33. The fraction of sp³-hybridized carbons (Fsp3) is 0.571. The predicted octanol–water partition coefficient (Wildman–Crippen LogP) is 2.40. The molecule has 0 N–H and O–H groups in total. The van der Waals surface area contributed by atoms with Crippen molar-refractivity contribution in [2.75, 3.05) is 6.54 Å². The highest BCUT2D eigenvalue weighted by Crippen LogP contribution is 2.17. The highest BCUT2D eigenvalue weighted by atomic mass is 79.9. The maximum absolute atomic E-state index is 12.2. The highest BCUT2D eigenvalue weighted by Gasteiger charge is 2.22. The Bertz CT molecular complexity index is 512. The SMILES string of the molecule is CC1CCCCN1C(=O)CCn1cc(Br)ccc1=O. The molecule has 0 saturated carbocycles. The number of hydrogen-bond donors (Lipinski definition) is 0. The van der Waals surface area contributed by atoms with E-state index in [1.165, 1.54) is 12.5 Å². The van der Waals surface area contributed by atoms with Gasteiger partial charge in [0.2, 0.25) is 5.91 Å².